The molecule has 0 fully saturated rings. The smallest absolute Gasteiger partial charge is 0.213 e. The lowest BCUT2D eigenvalue weighted by Gasteiger charge is -2.14. The van der Waals surface area contributed by atoms with E-state index >= 15 is 0 Å². The summed E-state index contributed by atoms with van der Waals surface area (Å²) in [6.07, 6.45) is 0.785. The Kier molecular flexibility index (Phi) is 5.69. The largest absolute Gasteiger partial charge is 0.496 e. The molecule has 4 rings (SSSR count). The molecule has 0 saturated heterocycles. The van der Waals surface area contributed by atoms with Crippen molar-refractivity contribution in [1.82, 2.24) is 14.6 Å². The third-order valence-corrected chi connectivity index (χ3v) is 5.96. The van der Waals surface area contributed by atoms with E-state index < -0.39 is 0 Å². The number of hydrogen-bond donors (Lipinski definition) is 0. The Balaban J connectivity index is 2.04. The van der Waals surface area contributed by atoms with Crippen LogP contribution >= 0.6 is 11.3 Å². The van der Waals surface area contributed by atoms with E-state index in [2.05, 4.69) is 0 Å². The van der Waals surface area contributed by atoms with Crippen LogP contribution in [0.25, 0.3) is 27.5 Å². The van der Waals surface area contributed by atoms with Crippen LogP contribution < -0.4 is 18.9 Å². The molecule has 2 aromatic carbocycles. The summed E-state index contributed by atoms with van der Waals surface area (Å²) in [6, 6.07) is 8.07. The number of aromatic nitrogens is 3. The monoisotopic (exact) mass is 443 g/mol. The molecule has 162 valence electrons. The zero-order valence-electron chi connectivity index (χ0n) is 17.9. The van der Waals surface area contributed by atoms with E-state index in [1.54, 1.807) is 31.9 Å². The molecular formula is C22H22FN3O4S. The van der Waals surface area contributed by atoms with Crippen LogP contribution in [0, 0.1) is 5.82 Å². The van der Waals surface area contributed by atoms with Crippen molar-refractivity contribution in [3.05, 3.63) is 41.2 Å². The number of rotatable bonds is 7. The molecule has 0 aliphatic heterocycles. The standard InChI is InChI=1S/C22H22FN3O4S/c1-6-18-25-26-20(14-8-7-13(23)11-15(14)27-2)19(24-22(26)31-18)12-9-16(28-3)21(30-5)17(10-12)29-4/h7-11H,6H2,1-5H3. The van der Waals surface area contributed by atoms with E-state index in [9.17, 15) is 4.39 Å². The van der Waals surface area contributed by atoms with E-state index in [-0.39, 0.29) is 5.82 Å². The molecule has 0 aliphatic rings. The molecule has 2 aromatic heterocycles. The molecule has 0 radical (unpaired) electrons. The zero-order valence-corrected chi connectivity index (χ0v) is 18.7. The quantitative estimate of drug-likeness (QED) is 0.406. The van der Waals surface area contributed by atoms with Gasteiger partial charge in [0.15, 0.2) is 11.5 Å². The van der Waals surface area contributed by atoms with E-state index in [4.69, 9.17) is 29.0 Å². The molecule has 7 nitrogen and oxygen atoms in total. The summed E-state index contributed by atoms with van der Waals surface area (Å²) in [7, 11) is 6.18. The Bertz CT molecular complexity index is 1230. The highest BCUT2D eigenvalue weighted by atomic mass is 32.1. The Morgan fingerprint density at radius 3 is 2.19 bits per heavy atom. The molecule has 2 heterocycles. The fraction of sp³-hybridized carbons (Fsp3) is 0.273. The number of hydrogen-bond acceptors (Lipinski definition) is 7. The Hall–Kier alpha value is -3.33. The van der Waals surface area contributed by atoms with Crippen LogP contribution in [0.4, 0.5) is 4.39 Å². The summed E-state index contributed by atoms with van der Waals surface area (Å²) in [5.41, 5.74) is 2.75. The summed E-state index contributed by atoms with van der Waals surface area (Å²) >= 11 is 1.50. The van der Waals surface area contributed by atoms with Crippen LogP contribution in [0.15, 0.2) is 30.3 Å². The van der Waals surface area contributed by atoms with Crippen molar-refractivity contribution in [2.45, 2.75) is 13.3 Å². The second kappa shape index (κ2) is 8.43. The van der Waals surface area contributed by atoms with Gasteiger partial charge in [-0.25, -0.2) is 13.9 Å². The Labute approximate surface area is 183 Å². The zero-order chi connectivity index (χ0) is 22.1. The lowest BCUT2D eigenvalue weighted by molar-refractivity contribution is 0.324. The first-order valence-corrected chi connectivity index (χ1v) is 10.4. The summed E-state index contributed by atoms with van der Waals surface area (Å²) in [4.78, 5) is 5.57. The summed E-state index contributed by atoms with van der Waals surface area (Å²) in [5, 5.41) is 5.65. The maximum absolute atomic E-state index is 13.9. The maximum Gasteiger partial charge on any atom is 0.213 e. The molecular weight excluding hydrogens is 421 g/mol. The van der Waals surface area contributed by atoms with Gasteiger partial charge in [-0.1, -0.05) is 18.3 Å². The van der Waals surface area contributed by atoms with Crippen molar-refractivity contribution in [1.29, 1.82) is 0 Å². The maximum atomic E-state index is 13.9. The van der Waals surface area contributed by atoms with Gasteiger partial charge in [0.2, 0.25) is 10.7 Å². The summed E-state index contributed by atoms with van der Waals surface area (Å²) in [5.74, 6) is 1.51. The number of aryl methyl sites for hydroxylation is 1. The van der Waals surface area contributed by atoms with E-state index in [0.717, 1.165) is 22.0 Å². The number of fused-ring (bicyclic) bond motifs is 1. The second-order valence-electron chi connectivity index (χ2n) is 6.61. The molecule has 0 amide bonds. The molecule has 0 unspecified atom stereocenters. The van der Waals surface area contributed by atoms with Gasteiger partial charge < -0.3 is 18.9 Å². The number of ether oxygens (including phenoxy) is 4. The highest BCUT2D eigenvalue weighted by Gasteiger charge is 2.24. The van der Waals surface area contributed by atoms with E-state index in [1.807, 2.05) is 19.1 Å². The van der Waals surface area contributed by atoms with E-state index in [0.29, 0.717) is 39.9 Å². The number of benzene rings is 2. The number of imidazole rings is 1. The first kappa shape index (κ1) is 20.9. The first-order valence-electron chi connectivity index (χ1n) is 9.57. The molecule has 0 N–H and O–H groups in total. The second-order valence-corrected chi connectivity index (χ2v) is 7.65. The lowest BCUT2D eigenvalue weighted by atomic mass is 10.0. The van der Waals surface area contributed by atoms with Crippen LogP contribution in [-0.4, -0.2) is 43.0 Å². The van der Waals surface area contributed by atoms with Crippen LogP contribution in [0.3, 0.4) is 0 Å². The fourth-order valence-electron chi connectivity index (χ4n) is 3.45. The molecule has 0 saturated carbocycles. The predicted octanol–water partition coefficient (Wildman–Crippen LogP) is 4.86. The number of nitrogens with zero attached hydrogens (tertiary/aromatic N) is 3. The van der Waals surface area contributed by atoms with Gasteiger partial charge in [0, 0.05) is 17.2 Å². The Morgan fingerprint density at radius 2 is 1.61 bits per heavy atom. The fourth-order valence-corrected chi connectivity index (χ4v) is 4.29. The normalized spacial score (nSPS) is 11.0. The van der Waals surface area contributed by atoms with Gasteiger partial charge in [-0.3, -0.25) is 0 Å². The highest BCUT2D eigenvalue weighted by Crippen LogP contribution is 2.45. The van der Waals surface area contributed by atoms with Gasteiger partial charge in [0.25, 0.3) is 0 Å². The minimum atomic E-state index is -0.386. The van der Waals surface area contributed by atoms with Gasteiger partial charge in [0.05, 0.1) is 28.4 Å². The molecule has 0 aliphatic carbocycles. The predicted molar refractivity (Wildman–Crippen MR) is 117 cm³/mol. The molecule has 31 heavy (non-hydrogen) atoms. The molecule has 0 bridgehead atoms. The summed E-state index contributed by atoms with van der Waals surface area (Å²) < 4.78 is 37.6. The summed E-state index contributed by atoms with van der Waals surface area (Å²) in [6.45, 7) is 2.04. The van der Waals surface area contributed by atoms with Crippen molar-refractivity contribution >= 4 is 16.3 Å². The van der Waals surface area contributed by atoms with Crippen LogP contribution in [-0.2, 0) is 6.42 Å². The minimum absolute atomic E-state index is 0.386. The molecule has 0 atom stereocenters. The first-order chi connectivity index (χ1) is 15.0. The van der Waals surface area contributed by atoms with Crippen molar-refractivity contribution < 1.29 is 23.3 Å². The SMILES string of the molecule is CCc1nn2c(-c3ccc(F)cc3OC)c(-c3cc(OC)c(OC)c(OC)c3)nc2s1. The molecule has 0 spiro atoms. The number of halogens is 1. The van der Waals surface area contributed by atoms with Crippen molar-refractivity contribution in [2.75, 3.05) is 28.4 Å². The molecule has 9 heteroatoms. The van der Waals surface area contributed by atoms with Crippen LogP contribution in [0.1, 0.15) is 11.9 Å². The van der Waals surface area contributed by atoms with Crippen molar-refractivity contribution in [2.24, 2.45) is 0 Å². The highest BCUT2D eigenvalue weighted by molar-refractivity contribution is 7.16. The Morgan fingerprint density at radius 1 is 0.935 bits per heavy atom. The molecule has 4 aromatic rings. The van der Waals surface area contributed by atoms with Crippen molar-refractivity contribution in [3.63, 3.8) is 0 Å². The average Bonchev–Trinajstić information content (AvgIpc) is 3.35. The van der Waals surface area contributed by atoms with Gasteiger partial charge in [-0.15, -0.1) is 0 Å². The van der Waals surface area contributed by atoms with Gasteiger partial charge in [0.1, 0.15) is 28.0 Å². The van der Waals surface area contributed by atoms with E-state index in [1.165, 1.54) is 30.6 Å². The minimum Gasteiger partial charge on any atom is -0.496 e. The van der Waals surface area contributed by atoms with Gasteiger partial charge in [-0.05, 0) is 30.7 Å². The lowest BCUT2D eigenvalue weighted by Crippen LogP contribution is -1.98. The van der Waals surface area contributed by atoms with Gasteiger partial charge in [-0.2, -0.15) is 5.10 Å². The van der Waals surface area contributed by atoms with Crippen LogP contribution in [0.5, 0.6) is 23.0 Å². The van der Waals surface area contributed by atoms with Gasteiger partial charge >= 0.3 is 0 Å². The topological polar surface area (TPSA) is 67.1 Å². The van der Waals surface area contributed by atoms with Crippen molar-refractivity contribution in [3.8, 4) is 45.5 Å². The third kappa shape index (κ3) is 3.54. The average molecular weight is 444 g/mol. The number of methoxy groups -OCH3 is 4. The third-order valence-electron chi connectivity index (χ3n) is 4.90. The van der Waals surface area contributed by atoms with Crippen LogP contribution in [0.2, 0.25) is 0 Å².